The molecule has 2 aromatic carbocycles. The van der Waals surface area contributed by atoms with Gasteiger partial charge in [0.1, 0.15) is 5.69 Å². The fourth-order valence-corrected chi connectivity index (χ4v) is 2.98. The number of nitrogens with one attached hydrogen (secondary N) is 2. The summed E-state index contributed by atoms with van der Waals surface area (Å²) < 4.78 is 0. The number of carbonyl (C=O) groups excluding carboxylic acids is 1. The number of hydrogen-bond acceptors (Lipinski definition) is 3. The predicted octanol–water partition coefficient (Wildman–Crippen LogP) is 3.07. The zero-order valence-corrected chi connectivity index (χ0v) is 14.3. The van der Waals surface area contributed by atoms with Crippen molar-refractivity contribution < 1.29 is 9.90 Å². The first-order chi connectivity index (χ1) is 12.1. The lowest BCUT2D eigenvalue weighted by molar-refractivity contribution is 0.0844. The highest BCUT2D eigenvalue weighted by atomic mass is 16.3. The van der Waals surface area contributed by atoms with Crippen LogP contribution in [0.4, 0.5) is 0 Å². The van der Waals surface area contributed by atoms with Crippen molar-refractivity contribution in [2.75, 3.05) is 0 Å². The van der Waals surface area contributed by atoms with Crippen LogP contribution in [0.25, 0.3) is 10.8 Å². The van der Waals surface area contributed by atoms with Crippen molar-refractivity contribution in [3.8, 4) is 0 Å². The Hall–Kier alpha value is -2.66. The number of hydrogen-bond donors (Lipinski definition) is 3. The van der Waals surface area contributed by atoms with Gasteiger partial charge >= 0.3 is 0 Å². The molecule has 25 heavy (non-hydrogen) atoms. The van der Waals surface area contributed by atoms with Crippen LogP contribution in [0.5, 0.6) is 0 Å². The lowest BCUT2D eigenvalue weighted by atomic mass is 9.99. The average molecular weight is 337 g/mol. The lowest BCUT2D eigenvalue weighted by Crippen LogP contribution is -2.42. The van der Waals surface area contributed by atoms with Gasteiger partial charge in [0.2, 0.25) is 0 Å². The molecular weight excluding hydrogens is 314 g/mol. The Morgan fingerprint density at radius 2 is 2.04 bits per heavy atom. The van der Waals surface area contributed by atoms with E-state index in [0.29, 0.717) is 12.1 Å². The van der Waals surface area contributed by atoms with Crippen molar-refractivity contribution >= 4 is 16.7 Å². The summed E-state index contributed by atoms with van der Waals surface area (Å²) in [5, 5.41) is 15.3. The van der Waals surface area contributed by atoms with E-state index in [2.05, 4.69) is 45.6 Å². The molecule has 0 saturated carbocycles. The van der Waals surface area contributed by atoms with Crippen molar-refractivity contribution in [3.05, 3.63) is 66.2 Å². The number of H-pyrrole nitrogens is 1. The molecule has 0 saturated heterocycles. The largest absolute Gasteiger partial charge is 0.391 e. The van der Waals surface area contributed by atoms with E-state index in [-0.39, 0.29) is 11.9 Å². The van der Waals surface area contributed by atoms with Crippen LogP contribution in [-0.2, 0) is 6.42 Å². The third-order valence-electron chi connectivity index (χ3n) is 4.44. The molecule has 0 radical (unpaired) electrons. The molecule has 1 heterocycles. The fourth-order valence-electron chi connectivity index (χ4n) is 2.98. The van der Waals surface area contributed by atoms with Gasteiger partial charge in [0.15, 0.2) is 0 Å². The highest BCUT2D eigenvalue weighted by Crippen LogP contribution is 2.17. The summed E-state index contributed by atoms with van der Waals surface area (Å²) in [6, 6.07) is 14.5. The monoisotopic (exact) mass is 337 g/mol. The Bertz CT molecular complexity index is 828. The standard InChI is InChI=1S/C20H23N3O2/c1-14(24)18(23-20(25)19-12-21-13-22-19)8-4-5-15-9-10-16-6-2-3-7-17(16)11-15/h2-3,6-7,9-14,18,24H,4-5,8H2,1H3,(H,21,22)(H,23,25)/t14-,18+/m0/s1. The zero-order valence-electron chi connectivity index (χ0n) is 14.3. The van der Waals surface area contributed by atoms with Crippen LogP contribution in [0.3, 0.4) is 0 Å². The minimum atomic E-state index is -0.608. The number of aliphatic hydroxyl groups excluding tert-OH is 1. The molecule has 1 amide bonds. The number of fused-ring (bicyclic) bond motifs is 1. The number of benzene rings is 2. The van der Waals surface area contributed by atoms with Gasteiger partial charge in [-0.1, -0.05) is 42.5 Å². The molecule has 0 bridgehead atoms. The van der Waals surface area contributed by atoms with Crippen LogP contribution in [0.15, 0.2) is 55.0 Å². The van der Waals surface area contributed by atoms with Gasteiger partial charge in [-0.05, 0) is 42.5 Å². The number of imidazole rings is 1. The molecule has 3 N–H and O–H groups in total. The van der Waals surface area contributed by atoms with Gasteiger partial charge < -0.3 is 15.4 Å². The molecule has 5 nitrogen and oxygen atoms in total. The van der Waals surface area contributed by atoms with Crippen LogP contribution < -0.4 is 5.32 Å². The van der Waals surface area contributed by atoms with Crippen LogP contribution in [0.2, 0.25) is 0 Å². The second-order valence-corrected chi connectivity index (χ2v) is 6.36. The number of carbonyl (C=O) groups is 1. The van der Waals surface area contributed by atoms with E-state index in [1.54, 1.807) is 6.92 Å². The van der Waals surface area contributed by atoms with E-state index in [9.17, 15) is 9.90 Å². The van der Waals surface area contributed by atoms with Crippen LogP contribution >= 0.6 is 0 Å². The summed E-state index contributed by atoms with van der Waals surface area (Å²) in [6.45, 7) is 1.70. The molecule has 5 heteroatoms. The maximum atomic E-state index is 12.1. The maximum Gasteiger partial charge on any atom is 0.269 e. The highest BCUT2D eigenvalue weighted by molar-refractivity contribution is 5.92. The van der Waals surface area contributed by atoms with E-state index in [1.165, 1.54) is 28.9 Å². The molecule has 1 aromatic heterocycles. The number of aromatic amines is 1. The number of aromatic nitrogens is 2. The number of amides is 1. The smallest absolute Gasteiger partial charge is 0.269 e. The highest BCUT2D eigenvalue weighted by Gasteiger charge is 2.18. The molecule has 0 fully saturated rings. The van der Waals surface area contributed by atoms with E-state index in [4.69, 9.17) is 0 Å². The maximum absolute atomic E-state index is 12.1. The first kappa shape index (κ1) is 17.2. The SMILES string of the molecule is C[C@H](O)[C@@H](CCCc1ccc2ccccc2c1)NC(=O)c1cnc[nH]1. The van der Waals surface area contributed by atoms with Gasteiger partial charge in [0.05, 0.1) is 24.7 Å². The van der Waals surface area contributed by atoms with Gasteiger partial charge in [-0.15, -0.1) is 0 Å². The minimum Gasteiger partial charge on any atom is -0.391 e. The van der Waals surface area contributed by atoms with Crippen molar-refractivity contribution in [1.29, 1.82) is 0 Å². The van der Waals surface area contributed by atoms with E-state index in [0.717, 1.165) is 12.8 Å². The Morgan fingerprint density at radius 1 is 1.24 bits per heavy atom. The summed E-state index contributed by atoms with van der Waals surface area (Å²) >= 11 is 0. The molecule has 0 spiro atoms. The number of nitrogens with zero attached hydrogens (tertiary/aromatic N) is 1. The molecule has 3 rings (SSSR count). The molecule has 0 unspecified atom stereocenters. The lowest BCUT2D eigenvalue weighted by Gasteiger charge is -2.21. The van der Waals surface area contributed by atoms with Gasteiger partial charge in [-0.25, -0.2) is 4.98 Å². The molecule has 0 aliphatic carbocycles. The van der Waals surface area contributed by atoms with Crippen molar-refractivity contribution in [3.63, 3.8) is 0 Å². The fraction of sp³-hybridized carbons (Fsp3) is 0.300. The number of rotatable bonds is 7. The molecule has 130 valence electrons. The second kappa shape index (κ2) is 7.94. The topological polar surface area (TPSA) is 78.0 Å². The first-order valence-electron chi connectivity index (χ1n) is 8.58. The third-order valence-corrected chi connectivity index (χ3v) is 4.44. The van der Waals surface area contributed by atoms with E-state index < -0.39 is 6.10 Å². The first-order valence-corrected chi connectivity index (χ1v) is 8.58. The van der Waals surface area contributed by atoms with Gasteiger partial charge in [0, 0.05) is 0 Å². The Balaban J connectivity index is 1.56. The normalized spacial score (nSPS) is 13.5. The quantitative estimate of drug-likeness (QED) is 0.620. The number of aliphatic hydroxyl groups is 1. The van der Waals surface area contributed by atoms with E-state index >= 15 is 0 Å². The van der Waals surface area contributed by atoms with Crippen LogP contribution in [-0.4, -0.2) is 33.1 Å². The van der Waals surface area contributed by atoms with Gasteiger partial charge in [-0.2, -0.15) is 0 Å². The summed E-state index contributed by atoms with van der Waals surface area (Å²) in [5.41, 5.74) is 1.67. The Morgan fingerprint density at radius 3 is 2.76 bits per heavy atom. The zero-order chi connectivity index (χ0) is 17.6. The average Bonchev–Trinajstić information content (AvgIpc) is 3.15. The summed E-state index contributed by atoms with van der Waals surface area (Å²) in [5.74, 6) is -0.242. The third kappa shape index (κ3) is 4.45. The molecule has 2 atom stereocenters. The molecule has 0 aliphatic heterocycles. The number of aryl methyl sites for hydroxylation is 1. The van der Waals surface area contributed by atoms with Crippen molar-refractivity contribution in [2.24, 2.45) is 0 Å². The molecular formula is C20H23N3O2. The predicted molar refractivity (Wildman–Crippen MR) is 98.4 cm³/mol. The van der Waals surface area contributed by atoms with Crippen LogP contribution in [0.1, 0.15) is 35.8 Å². The summed E-state index contributed by atoms with van der Waals surface area (Å²) in [7, 11) is 0. The Labute approximate surface area is 147 Å². The van der Waals surface area contributed by atoms with Gasteiger partial charge in [0.25, 0.3) is 5.91 Å². The van der Waals surface area contributed by atoms with Gasteiger partial charge in [-0.3, -0.25) is 4.79 Å². The van der Waals surface area contributed by atoms with Crippen molar-refractivity contribution in [2.45, 2.75) is 38.3 Å². The summed E-state index contributed by atoms with van der Waals surface area (Å²) in [4.78, 5) is 18.7. The Kier molecular flexibility index (Phi) is 5.46. The second-order valence-electron chi connectivity index (χ2n) is 6.36. The van der Waals surface area contributed by atoms with E-state index in [1.807, 2.05) is 12.1 Å². The summed E-state index contributed by atoms with van der Waals surface area (Å²) in [6.07, 6.45) is 4.84. The van der Waals surface area contributed by atoms with Crippen molar-refractivity contribution in [1.82, 2.24) is 15.3 Å². The minimum absolute atomic E-state index is 0.242. The molecule has 3 aromatic rings. The van der Waals surface area contributed by atoms with Crippen LogP contribution in [0, 0.1) is 0 Å². The molecule has 0 aliphatic rings.